The summed E-state index contributed by atoms with van der Waals surface area (Å²) in [5.41, 5.74) is -3.78. The lowest BCUT2D eigenvalue weighted by Gasteiger charge is -2.22. The molecule has 3 nitrogen and oxygen atoms in total. The fourth-order valence-corrected chi connectivity index (χ4v) is 1.26. The molecule has 1 aliphatic rings. The van der Waals surface area contributed by atoms with Gasteiger partial charge in [-0.1, -0.05) is 38.8 Å². The molecule has 0 amide bonds. The molecule has 0 spiro atoms. The Morgan fingerprint density at radius 1 is 1.47 bits per heavy atom. The van der Waals surface area contributed by atoms with Gasteiger partial charge in [0.05, 0.1) is 8.82 Å². The predicted molar refractivity (Wildman–Crippen MR) is 67.1 cm³/mol. The summed E-state index contributed by atoms with van der Waals surface area (Å²) in [5.74, 6) is 0.676. The SMILES string of the molecule is [2H]/C(=C\c1ccc2c(c1)OCO2)C([2H])(O)C(C([2H])([2H])[2H])(C([2H])([2H])[2H])C([2H])([2H])[2H]. The smallest absolute Gasteiger partial charge is 0.231 e. The van der Waals surface area contributed by atoms with Gasteiger partial charge < -0.3 is 14.6 Å². The van der Waals surface area contributed by atoms with Crippen LogP contribution in [0.4, 0.5) is 0 Å². The molecule has 17 heavy (non-hydrogen) atoms. The van der Waals surface area contributed by atoms with Gasteiger partial charge in [0, 0.05) is 12.3 Å². The summed E-state index contributed by atoms with van der Waals surface area (Å²) in [6, 6.07) is 2.98. The summed E-state index contributed by atoms with van der Waals surface area (Å²) >= 11 is 0. The molecule has 0 aliphatic carbocycles. The van der Waals surface area contributed by atoms with E-state index in [1.807, 2.05) is 0 Å². The van der Waals surface area contributed by atoms with Gasteiger partial charge in [-0.2, -0.15) is 0 Å². The van der Waals surface area contributed by atoms with Gasteiger partial charge in [0.15, 0.2) is 11.5 Å². The van der Waals surface area contributed by atoms with Crippen LogP contribution < -0.4 is 9.47 Å². The zero-order valence-electron chi connectivity index (χ0n) is 19.8. The van der Waals surface area contributed by atoms with Crippen LogP contribution in [0.5, 0.6) is 11.5 Å². The standard InChI is InChI=1S/C14H18O3/c1-14(2,3)13(15)7-5-10-4-6-11-12(8-10)17-9-16-11/h4-8,13,15H,9H2,1-3H3/b7-5+/i1D3,2D3,3D3,7D,13D. The van der Waals surface area contributed by atoms with E-state index in [1.54, 1.807) is 0 Å². The Morgan fingerprint density at radius 3 is 3.00 bits per heavy atom. The molecule has 2 rings (SSSR count). The first-order valence-electron chi connectivity index (χ1n) is 10.3. The van der Waals surface area contributed by atoms with Crippen molar-refractivity contribution in [3.05, 3.63) is 29.8 Å². The van der Waals surface area contributed by atoms with E-state index in [4.69, 9.17) is 24.6 Å². The van der Waals surface area contributed by atoms with Crippen molar-refractivity contribution >= 4 is 6.08 Å². The minimum Gasteiger partial charge on any atom is -0.454 e. The largest absolute Gasteiger partial charge is 0.454 e. The maximum absolute atomic E-state index is 10.6. The van der Waals surface area contributed by atoms with Crippen molar-refractivity contribution in [1.82, 2.24) is 0 Å². The number of aliphatic hydroxyl groups is 1. The molecule has 0 aromatic heterocycles. The van der Waals surface area contributed by atoms with E-state index in [1.165, 1.54) is 18.2 Å². The Kier molecular flexibility index (Phi) is 1.12. The Morgan fingerprint density at radius 2 is 2.24 bits per heavy atom. The quantitative estimate of drug-likeness (QED) is 0.870. The number of rotatable bonds is 2. The van der Waals surface area contributed by atoms with Gasteiger partial charge in [-0.15, -0.1) is 0 Å². The Labute approximate surface area is 117 Å². The molecule has 1 aromatic carbocycles. The number of fused-ring (bicyclic) bond motifs is 1. The van der Waals surface area contributed by atoms with E-state index in [2.05, 4.69) is 0 Å². The van der Waals surface area contributed by atoms with Gasteiger partial charge in [0.25, 0.3) is 0 Å². The zero-order valence-corrected chi connectivity index (χ0v) is 8.78. The lowest BCUT2D eigenvalue weighted by atomic mass is 9.89. The molecular weight excluding hydrogens is 216 g/mol. The van der Waals surface area contributed by atoms with E-state index in [0.29, 0.717) is 5.75 Å². The van der Waals surface area contributed by atoms with Crippen LogP contribution in [0.2, 0.25) is 0 Å². The predicted octanol–water partition coefficient (Wildman–Crippen LogP) is 2.84. The van der Waals surface area contributed by atoms with Crippen molar-refractivity contribution in [1.29, 1.82) is 0 Å². The van der Waals surface area contributed by atoms with E-state index in [9.17, 15) is 5.11 Å². The van der Waals surface area contributed by atoms with Crippen molar-refractivity contribution in [2.45, 2.75) is 26.6 Å². The summed E-state index contributed by atoms with van der Waals surface area (Å²) < 4.78 is 94.4. The molecule has 0 fully saturated rings. The second-order valence-corrected chi connectivity index (χ2v) is 3.50. The van der Waals surface area contributed by atoms with Crippen LogP contribution in [-0.4, -0.2) is 18.0 Å². The third-order valence-electron chi connectivity index (χ3n) is 2.13. The molecule has 1 heterocycles. The molecule has 1 N–H and O–H groups in total. The molecule has 1 atom stereocenters. The van der Waals surface area contributed by atoms with E-state index < -0.39 is 38.1 Å². The maximum atomic E-state index is 10.6. The highest BCUT2D eigenvalue weighted by Crippen LogP contribution is 2.33. The number of hydrogen-bond donors (Lipinski definition) is 1. The second-order valence-electron chi connectivity index (χ2n) is 3.50. The number of hydrogen-bond acceptors (Lipinski definition) is 3. The molecular formula is C14H18O3. The number of benzene rings is 1. The molecule has 0 bridgehead atoms. The third kappa shape index (κ3) is 2.80. The maximum Gasteiger partial charge on any atom is 0.231 e. The van der Waals surface area contributed by atoms with Crippen LogP contribution in [0.1, 0.15) is 41.2 Å². The average molecular weight is 245 g/mol. The fraction of sp³-hybridized carbons (Fsp3) is 0.429. The van der Waals surface area contributed by atoms with E-state index >= 15 is 0 Å². The highest BCUT2D eigenvalue weighted by Gasteiger charge is 2.19. The van der Waals surface area contributed by atoms with Crippen LogP contribution in [0.25, 0.3) is 6.08 Å². The van der Waals surface area contributed by atoms with Crippen LogP contribution in [0, 0.1) is 5.41 Å². The van der Waals surface area contributed by atoms with Crippen LogP contribution in [-0.2, 0) is 0 Å². The van der Waals surface area contributed by atoms with Gasteiger partial charge in [-0.05, 0) is 23.1 Å². The summed E-state index contributed by atoms with van der Waals surface area (Å²) in [7, 11) is 0. The van der Waals surface area contributed by atoms with Crippen LogP contribution >= 0.6 is 0 Å². The normalized spacial score (nSPS) is 30.6. The van der Waals surface area contributed by atoms with Gasteiger partial charge in [-0.25, -0.2) is 0 Å². The summed E-state index contributed by atoms with van der Waals surface area (Å²) in [4.78, 5) is 0. The number of ether oxygens (including phenoxy) is 2. The zero-order chi connectivity index (χ0) is 21.8. The Bertz CT molecular complexity index is 738. The Balaban J connectivity index is 2.68. The van der Waals surface area contributed by atoms with Crippen LogP contribution in [0.15, 0.2) is 24.3 Å². The lowest BCUT2D eigenvalue weighted by Crippen LogP contribution is -2.23. The fourth-order valence-electron chi connectivity index (χ4n) is 1.26. The minimum atomic E-state index is -3.93. The first-order valence-corrected chi connectivity index (χ1v) is 4.77. The topological polar surface area (TPSA) is 38.7 Å². The van der Waals surface area contributed by atoms with E-state index in [-0.39, 0.29) is 18.1 Å². The minimum absolute atomic E-state index is 0.0428. The third-order valence-corrected chi connectivity index (χ3v) is 2.13. The first-order chi connectivity index (χ1) is 12.5. The monoisotopic (exact) mass is 245 g/mol. The van der Waals surface area contributed by atoms with Crippen molar-refractivity contribution in [2.75, 3.05) is 6.79 Å². The van der Waals surface area contributed by atoms with Gasteiger partial charge in [0.2, 0.25) is 6.79 Å². The van der Waals surface area contributed by atoms with E-state index in [0.717, 1.165) is 6.08 Å². The average Bonchev–Trinajstić information content (AvgIpc) is 2.89. The molecule has 1 aromatic rings. The summed E-state index contributed by atoms with van der Waals surface area (Å²) in [6.45, 7) is -11.5. The second kappa shape index (κ2) is 4.41. The van der Waals surface area contributed by atoms with Gasteiger partial charge >= 0.3 is 0 Å². The highest BCUT2D eigenvalue weighted by molar-refractivity contribution is 5.56. The van der Waals surface area contributed by atoms with Crippen molar-refractivity contribution in [3.8, 4) is 11.5 Å². The summed E-state index contributed by atoms with van der Waals surface area (Å²) in [6.07, 6.45) is -2.99. The highest BCUT2D eigenvalue weighted by atomic mass is 16.7. The molecule has 0 saturated heterocycles. The Hall–Kier alpha value is -1.48. The molecule has 1 unspecified atom stereocenters. The van der Waals surface area contributed by atoms with Gasteiger partial charge in [-0.3, -0.25) is 0 Å². The first kappa shape index (κ1) is 4.32. The molecule has 0 radical (unpaired) electrons. The molecule has 3 heteroatoms. The van der Waals surface area contributed by atoms with Crippen molar-refractivity contribution in [3.63, 3.8) is 0 Å². The van der Waals surface area contributed by atoms with Crippen molar-refractivity contribution in [2.24, 2.45) is 5.41 Å². The molecule has 92 valence electrons. The lowest BCUT2D eigenvalue weighted by molar-refractivity contribution is 0.106. The summed E-state index contributed by atoms with van der Waals surface area (Å²) in [5, 5.41) is 10.6. The van der Waals surface area contributed by atoms with Crippen molar-refractivity contribution < 1.29 is 29.7 Å². The molecule has 1 aliphatic heterocycles. The van der Waals surface area contributed by atoms with Crippen LogP contribution in [0.3, 0.4) is 0 Å². The molecule has 0 saturated carbocycles. The van der Waals surface area contributed by atoms with Gasteiger partial charge in [0.1, 0.15) is 0 Å².